The lowest BCUT2D eigenvalue weighted by atomic mass is 9.89. The normalized spacial score (nSPS) is 22.0. The Morgan fingerprint density at radius 3 is 1.95 bits per heavy atom. The lowest BCUT2D eigenvalue weighted by Gasteiger charge is -2.40. The summed E-state index contributed by atoms with van der Waals surface area (Å²) in [5, 5.41) is 83.8. The van der Waals surface area contributed by atoms with Crippen molar-refractivity contribution in [3.63, 3.8) is 0 Å². The lowest BCUT2D eigenvalue weighted by Crippen LogP contribution is -2.55. The molecule has 12 nitrogen and oxygen atoms in total. The fourth-order valence-corrected chi connectivity index (χ4v) is 5.64. The monoisotopic (exact) mass is 603 g/mol. The summed E-state index contributed by atoms with van der Waals surface area (Å²) in [7, 11) is 0. The van der Waals surface area contributed by atoms with E-state index in [0.29, 0.717) is 0 Å². The van der Waals surface area contributed by atoms with Crippen molar-refractivity contribution >= 4 is 33.3 Å². The quantitative estimate of drug-likeness (QED) is 0.104. The molecule has 1 aliphatic rings. The SMILES string of the molecule is O=c1c2cc(O)c(O)c(CN(c3ccccc3)c3ccccc3)c2oc2cc(O)c([C@H]3O[C@@H](CO)[C@H](O)[C@@H](O)[C@@H]3O)c(O)c12. The highest BCUT2D eigenvalue weighted by Crippen LogP contribution is 2.46. The maximum Gasteiger partial charge on any atom is 0.204 e. The van der Waals surface area contributed by atoms with E-state index < -0.39 is 76.5 Å². The van der Waals surface area contributed by atoms with Gasteiger partial charge in [-0.15, -0.1) is 0 Å². The van der Waals surface area contributed by atoms with E-state index in [0.717, 1.165) is 23.5 Å². The van der Waals surface area contributed by atoms with Crippen molar-refractivity contribution in [2.75, 3.05) is 11.5 Å². The van der Waals surface area contributed by atoms with Crippen molar-refractivity contribution in [1.29, 1.82) is 0 Å². The predicted octanol–water partition coefficient (Wildman–Crippen LogP) is 2.62. The number of hydrogen-bond donors (Lipinski definition) is 8. The van der Waals surface area contributed by atoms with E-state index in [1.807, 2.05) is 65.6 Å². The van der Waals surface area contributed by atoms with Crippen LogP contribution in [0.2, 0.25) is 0 Å². The molecule has 0 amide bonds. The van der Waals surface area contributed by atoms with Gasteiger partial charge in [-0.25, -0.2) is 0 Å². The second-order valence-electron chi connectivity index (χ2n) is 10.6. The summed E-state index contributed by atoms with van der Waals surface area (Å²) in [6.45, 7) is -0.821. The number of aliphatic hydroxyl groups excluding tert-OH is 4. The van der Waals surface area contributed by atoms with Crippen LogP contribution in [0.5, 0.6) is 23.0 Å². The first kappa shape index (κ1) is 29.2. The third-order valence-electron chi connectivity index (χ3n) is 7.92. The van der Waals surface area contributed by atoms with Gasteiger partial charge >= 0.3 is 0 Å². The first-order chi connectivity index (χ1) is 21.1. The first-order valence-corrected chi connectivity index (χ1v) is 13.7. The fourth-order valence-electron chi connectivity index (χ4n) is 5.64. The molecule has 8 N–H and O–H groups in total. The molecule has 1 fully saturated rings. The number of rotatable bonds is 6. The highest BCUT2D eigenvalue weighted by Gasteiger charge is 2.46. The molecule has 0 radical (unpaired) electrons. The number of nitrogens with zero attached hydrogens (tertiary/aromatic N) is 1. The Hall–Kier alpha value is -4.85. The predicted molar refractivity (Wildman–Crippen MR) is 158 cm³/mol. The molecule has 1 aromatic heterocycles. The molecule has 0 saturated carbocycles. The van der Waals surface area contributed by atoms with Crippen LogP contribution in [0.1, 0.15) is 17.2 Å². The van der Waals surface area contributed by atoms with Crippen LogP contribution in [-0.4, -0.2) is 71.9 Å². The molecule has 6 rings (SSSR count). The van der Waals surface area contributed by atoms with Crippen molar-refractivity contribution in [2.24, 2.45) is 0 Å². The van der Waals surface area contributed by atoms with E-state index in [2.05, 4.69) is 0 Å². The van der Waals surface area contributed by atoms with Crippen molar-refractivity contribution in [1.82, 2.24) is 0 Å². The maximum atomic E-state index is 13.9. The standard InChI is InChI=1S/C32H29NO11/c34-14-22-27(39)29(41)30(42)32(44-22)23-19(35)12-21-24(28(23)40)26(38)17-11-20(36)25(37)18(31(17)43-21)13-33(15-7-3-1-4-8-15)16-9-5-2-6-10-16/h1-12,22,27,29-30,32,34-37,39-42H,13-14H2/t22-,27-,29+,30-,32+/m0/s1. The Balaban J connectivity index is 1.55. The molecular formula is C32H29NO11. The van der Waals surface area contributed by atoms with Crippen LogP contribution in [-0.2, 0) is 11.3 Å². The van der Waals surface area contributed by atoms with Gasteiger partial charge in [0.1, 0.15) is 58.6 Å². The topological polar surface area (TPSA) is 205 Å². The van der Waals surface area contributed by atoms with Crippen LogP contribution in [0.3, 0.4) is 0 Å². The van der Waals surface area contributed by atoms with E-state index in [-0.39, 0.29) is 28.7 Å². The van der Waals surface area contributed by atoms with Crippen LogP contribution >= 0.6 is 0 Å². The highest BCUT2D eigenvalue weighted by molar-refractivity contribution is 5.97. The van der Waals surface area contributed by atoms with Gasteiger partial charge in [0.2, 0.25) is 5.43 Å². The number of phenolic OH excluding ortho intramolecular Hbond substituents is 4. The number of aliphatic hydroxyl groups is 4. The minimum Gasteiger partial charge on any atom is -0.507 e. The van der Waals surface area contributed by atoms with Crippen molar-refractivity contribution in [3.8, 4) is 23.0 Å². The molecule has 44 heavy (non-hydrogen) atoms. The Bertz CT molecular complexity index is 1850. The number of fused-ring (bicyclic) bond motifs is 2. The number of phenols is 4. The molecule has 1 saturated heterocycles. The minimum absolute atomic E-state index is 0.0451. The van der Waals surface area contributed by atoms with E-state index in [1.165, 1.54) is 0 Å². The molecule has 1 aliphatic heterocycles. The maximum absolute atomic E-state index is 13.9. The summed E-state index contributed by atoms with van der Waals surface area (Å²) in [4.78, 5) is 15.7. The molecule has 0 aliphatic carbocycles. The zero-order valence-corrected chi connectivity index (χ0v) is 23.0. The lowest BCUT2D eigenvalue weighted by molar-refractivity contribution is -0.232. The summed E-state index contributed by atoms with van der Waals surface area (Å²) in [5.41, 5.74) is -0.217. The summed E-state index contributed by atoms with van der Waals surface area (Å²) < 4.78 is 11.5. The van der Waals surface area contributed by atoms with Gasteiger partial charge in [0.15, 0.2) is 11.5 Å². The van der Waals surface area contributed by atoms with E-state index >= 15 is 0 Å². The van der Waals surface area contributed by atoms with Crippen LogP contribution < -0.4 is 10.3 Å². The number of aromatic hydroxyl groups is 4. The van der Waals surface area contributed by atoms with Gasteiger partial charge in [0, 0.05) is 17.4 Å². The molecule has 228 valence electrons. The largest absolute Gasteiger partial charge is 0.507 e. The molecule has 0 unspecified atom stereocenters. The Morgan fingerprint density at radius 2 is 1.36 bits per heavy atom. The van der Waals surface area contributed by atoms with Crippen LogP contribution in [0.25, 0.3) is 21.9 Å². The number of hydrogen-bond acceptors (Lipinski definition) is 12. The Morgan fingerprint density at radius 1 is 0.750 bits per heavy atom. The zero-order chi connectivity index (χ0) is 31.3. The van der Waals surface area contributed by atoms with Gasteiger partial charge in [-0.3, -0.25) is 4.79 Å². The van der Waals surface area contributed by atoms with Crippen molar-refractivity contribution in [2.45, 2.75) is 37.1 Å². The second-order valence-corrected chi connectivity index (χ2v) is 10.6. The van der Waals surface area contributed by atoms with Crippen LogP contribution in [0.15, 0.2) is 82.0 Å². The molecular weight excluding hydrogens is 574 g/mol. The smallest absolute Gasteiger partial charge is 0.204 e. The van der Waals surface area contributed by atoms with Gasteiger partial charge in [-0.05, 0) is 30.3 Å². The molecule has 5 aromatic rings. The highest BCUT2D eigenvalue weighted by atomic mass is 16.5. The van der Waals surface area contributed by atoms with Gasteiger partial charge < -0.3 is 54.9 Å². The summed E-state index contributed by atoms with van der Waals surface area (Å²) in [6.07, 6.45) is -8.36. The average Bonchev–Trinajstić information content (AvgIpc) is 3.02. The number of ether oxygens (including phenoxy) is 1. The Kier molecular flexibility index (Phi) is 7.53. The second kappa shape index (κ2) is 11.3. The molecule has 12 heteroatoms. The van der Waals surface area contributed by atoms with Gasteiger partial charge in [0.05, 0.1) is 29.7 Å². The first-order valence-electron chi connectivity index (χ1n) is 13.7. The van der Waals surface area contributed by atoms with Gasteiger partial charge in [0.25, 0.3) is 0 Å². The third-order valence-corrected chi connectivity index (χ3v) is 7.92. The van der Waals surface area contributed by atoms with Crippen molar-refractivity contribution in [3.05, 3.63) is 94.1 Å². The molecule has 2 heterocycles. The summed E-state index contributed by atoms with van der Waals surface area (Å²) in [6, 6.07) is 20.4. The van der Waals surface area contributed by atoms with E-state index in [1.54, 1.807) is 0 Å². The summed E-state index contributed by atoms with van der Waals surface area (Å²) in [5.74, 6) is -2.68. The summed E-state index contributed by atoms with van der Waals surface area (Å²) >= 11 is 0. The number of anilines is 2. The fraction of sp³-hybridized carbons (Fsp3) is 0.219. The molecule has 0 bridgehead atoms. The molecule has 4 aromatic carbocycles. The van der Waals surface area contributed by atoms with Crippen LogP contribution in [0.4, 0.5) is 11.4 Å². The average molecular weight is 604 g/mol. The van der Waals surface area contributed by atoms with Gasteiger partial charge in [-0.1, -0.05) is 36.4 Å². The number of para-hydroxylation sites is 2. The molecule has 0 spiro atoms. The van der Waals surface area contributed by atoms with Gasteiger partial charge in [-0.2, -0.15) is 0 Å². The number of benzene rings is 4. The van der Waals surface area contributed by atoms with E-state index in [9.17, 15) is 45.6 Å². The van der Waals surface area contributed by atoms with Crippen LogP contribution in [0, 0.1) is 0 Å². The minimum atomic E-state index is -1.86. The van der Waals surface area contributed by atoms with E-state index in [4.69, 9.17) is 9.15 Å². The zero-order valence-electron chi connectivity index (χ0n) is 23.0. The molecule has 5 atom stereocenters. The third kappa shape index (κ3) is 4.75. The Labute approximate surface area is 249 Å². The van der Waals surface area contributed by atoms with Crippen molar-refractivity contribution < 1.29 is 50.0 Å².